The van der Waals surface area contributed by atoms with Crippen molar-refractivity contribution in [2.45, 2.75) is 0 Å². The summed E-state index contributed by atoms with van der Waals surface area (Å²) in [6, 6.07) is 11.4. The molecule has 1 N–H and O–H groups in total. The molecule has 3 heterocycles. The minimum Gasteiger partial charge on any atom is -0.477 e. The van der Waals surface area contributed by atoms with Gasteiger partial charge in [0.2, 0.25) is 0 Å². The van der Waals surface area contributed by atoms with Crippen LogP contribution >= 0.6 is 0 Å². The van der Waals surface area contributed by atoms with Gasteiger partial charge in [-0.3, -0.25) is 4.98 Å². The SMILES string of the molecule is O=C(O)c1cc2nccc3c4ccccc4n1c23. The molecule has 0 bridgehead atoms. The van der Waals surface area contributed by atoms with Crippen LogP contribution in [0.2, 0.25) is 0 Å². The molecule has 0 atom stereocenters. The van der Waals surface area contributed by atoms with Crippen molar-refractivity contribution in [3.05, 3.63) is 48.3 Å². The van der Waals surface area contributed by atoms with E-state index in [-0.39, 0.29) is 5.69 Å². The van der Waals surface area contributed by atoms with Crippen LogP contribution in [0.5, 0.6) is 0 Å². The molecular formula is C14H8N2O2. The van der Waals surface area contributed by atoms with Crippen molar-refractivity contribution >= 4 is 33.3 Å². The highest BCUT2D eigenvalue weighted by atomic mass is 16.4. The van der Waals surface area contributed by atoms with Crippen molar-refractivity contribution in [2.24, 2.45) is 0 Å². The van der Waals surface area contributed by atoms with Gasteiger partial charge in [-0.2, -0.15) is 0 Å². The molecule has 4 rings (SSSR count). The summed E-state index contributed by atoms with van der Waals surface area (Å²) >= 11 is 0. The Morgan fingerprint density at radius 2 is 2.00 bits per heavy atom. The third-order valence-corrected chi connectivity index (χ3v) is 3.34. The topological polar surface area (TPSA) is 54.6 Å². The van der Waals surface area contributed by atoms with Crippen molar-refractivity contribution in [3.8, 4) is 0 Å². The van der Waals surface area contributed by atoms with Crippen molar-refractivity contribution in [1.29, 1.82) is 0 Å². The predicted octanol–water partition coefficient (Wildman–Crippen LogP) is 2.78. The van der Waals surface area contributed by atoms with Crippen molar-refractivity contribution in [1.82, 2.24) is 9.38 Å². The second-order valence-electron chi connectivity index (χ2n) is 4.28. The first-order chi connectivity index (χ1) is 8.77. The number of hydrogen-bond donors (Lipinski definition) is 1. The maximum Gasteiger partial charge on any atom is 0.352 e. The smallest absolute Gasteiger partial charge is 0.352 e. The van der Waals surface area contributed by atoms with E-state index in [4.69, 9.17) is 0 Å². The zero-order chi connectivity index (χ0) is 12.3. The number of pyridine rings is 1. The van der Waals surface area contributed by atoms with Crippen LogP contribution in [0.25, 0.3) is 27.3 Å². The van der Waals surface area contributed by atoms with E-state index in [0.29, 0.717) is 0 Å². The maximum atomic E-state index is 11.3. The lowest BCUT2D eigenvalue weighted by molar-refractivity contribution is 0.0690. The average Bonchev–Trinajstić information content (AvgIpc) is 2.92. The van der Waals surface area contributed by atoms with Gasteiger partial charge in [-0.15, -0.1) is 0 Å². The number of hydrogen-bond acceptors (Lipinski definition) is 2. The van der Waals surface area contributed by atoms with E-state index in [1.165, 1.54) is 0 Å². The number of para-hydroxylation sites is 1. The van der Waals surface area contributed by atoms with Gasteiger partial charge in [0.25, 0.3) is 0 Å². The lowest BCUT2D eigenvalue weighted by atomic mass is 10.2. The Balaban J connectivity index is 2.43. The van der Waals surface area contributed by atoms with Crippen LogP contribution in [0.15, 0.2) is 42.6 Å². The molecule has 0 aliphatic carbocycles. The summed E-state index contributed by atoms with van der Waals surface area (Å²) in [5.74, 6) is -0.935. The zero-order valence-corrected chi connectivity index (χ0v) is 9.29. The molecular weight excluding hydrogens is 228 g/mol. The number of carboxylic acids is 1. The van der Waals surface area contributed by atoms with Gasteiger partial charge in [0.1, 0.15) is 5.69 Å². The average molecular weight is 236 g/mol. The Kier molecular flexibility index (Phi) is 1.56. The summed E-state index contributed by atoms with van der Waals surface area (Å²) in [7, 11) is 0. The van der Waals surface area contributed by atoms with Crippen LogP contribution in [0.4, 0.5) is 0 Å². The molecule has 0 fully saturated rings. The van der Waals surface area contributed by atoms with E-state index in [1.54, 1.807) is 16.7 Å². The Morgan fingerprint density at radius 1 is 1.17 bits per heavy atom. The van der Waals surface area contributed by atoms with Crippen LogP contribution in [-0.4, -0.2) is 20.5 Å². The Morgan fingerprint density at radius 3 is 2.83 bits per heavy atom. The quantitative estimate of drug-likeness (QED) is 0.553. The highest BCUT2D eigenvalue weighted by molar-refractivity contribution is 6.15. The fraction of sp³-hybridized carbons (Fsp3) is 0. The second kappa shape index (κ2) is 2.98. The first-order valence-electron chi connectivity index (χ1n) is 5.61. The predicted molar refractivity (Wildman–Crippen MR) is 68.3 cm³/mol. The largest absolute Gasteiger partial charge is 0.477 e. The van der Waals surface area contributed by atoms with E-state index in [1.807, 2.05) is 30.3 Å². The van der Waals surface area contributed by atoms with E-state index >= 15 is 0 Å². The number of fused-ring (bicyclic) bond motifs is 3. The molecule has 0 aliphatic heterocycles. The van der Waals surface area contributed by atoms with Crippen molar-refractivity contribution < 1.29 is 9.90 Å². The van der Waals surface area contributed by atoms with Gasteiger partial charge in [-0.1, -0.05) is 18.2 Å². The molecule has 4 aromatic rings. The molecule has 0 unspecified atom stereocenters. The zero-order valence-electron chi connectivity index (χ0n) is 9.29. The highest BCUT2D eigenvalue weighted by Crippen LogP contribution is 2.33. The first-order valence-corrected chi connectivity index (χ1v) is 5.61. The molecule has 4 nitrogen and oxygen atoms in total. The Hall–Kier alpha value is -2.62. The summed E-state index contributed by atoms with van der Waals surface area (Å²) in [6.45, 7) is 0. The molecule has 1 aromatic carbocycles. The van der Waals surface area contributed by atoms with Gasteiger partial charge in [0.15, 0.2) is 0 Å². The number of aromatic carboxylic acids is 1. The molecule has 0 radical (unpaired) electrons. The van der Waals surface area contributed by atoms with Gasteiger partial charge in [-0.25, -0.2) is 4.79 Å². The molecule has 0 saturated carbocycles. The lowest BCUT2D eigenvalue weighted by Gasteiger charge is -1.95. The Bertz CT molecular complexity index is 908. The van der Waals surface area contributed by atoms with Gasteiger partial charge in [-0.05, 0) is 18.2 Å². The van der Waals surface area contributed by atoms with E-state index in [2.05, 4.69) is 4.98 Å². The third-order valence-electron chi connectivity index (χ3n) is 3.34. The van der Waals surface area contributed by atoms with Gasteiger partial charge in [0.05, 0.1) is 16.6 Å². The Labute approximate surface area is 101 Å². The number of carboxylic acid groups (broad SMARTS) is 1. The summed E-state index contributed by atoms with van der Waals surface area (Å²) in [5.41, 5.74) is 2.78. The standard InChI is InChI=1S/C14H8N2O2/c17-14(18)12-7-10-13-9(5-6-15-10)8-3-1-2-4-11(8)16(12)13/h1-7H,(H,17,18). The number of nitrogens with zero attached hydrogens (tertiary/aromatic N) is 2. The van der Waals surface area contributed by atoms with Gasteiger partial charge < -0.3 is 9.51 Å². The van der Waals surface area contributed by atoms with Crippen LogP contribution < -0.4 is 0 Å². The fourth-order valence-electron chi connectivity index (χ4n) is 2.65. The summed E-state index contributed by atoms with van der Waals surface area (Å²) in [6.07, 6.45) is 1.72. The number of aromatic nitrogens is 2. The normalized spacial score (nSPS) is 11.8. The molecule has 0 saturated heterocycles. The summed E-state index contributed by atoms with van der Waals surface area (Å²) < 4.78 is 1.77. The second-order valence-corrected chi connectivity index (χ2v) is 4.28. The highest BCUT2D eigenvalue weighted by Gasteiger charge is 2.19. The van der Waals surface area contributed by atoms with Crippen molar-refractivity contribution in [2.75, 3.05) is 0 Å². The lowest BCUT2D eigenvalue weighted by Crippen LogP contribution is -2.00. The van der Waals surface area contributed by atoms with E-state index < -0.39 is 5.97 Å². The molecule has 0 spiro atoms. The minimum atomic E-state index is -0.935. The van der Waals surface area contributed by atoms with Crippen molar-refractivity contribution in [3.63, 3.8) is 0 Å². The van der Waals surface area contributed by atoms with Gasteiger partial charge in [0, 0.05) is 17.0 Å². The summed E-state index contributed by atoms with van der Waals surface area (Å²) in [5, 5.41) is 11.4. The minimum absolute atomic E-state index is 0.259. The van der Waals surface area contributed by atoms with Crippen LogP contribution in [0.3, 0.4) is 0 Å². The maximum absolute atomic E-state index is 11.3. The first kappa shape index (κ1) is 9.41. The number of benzene rings is 1. The monoisotopic (exact) mass is 236 g/mol. The third kappa shape index (κ3) is 0.953. The van der Waals surface area contributed by atoms with Crippen LogP contribution in [-0.2, 0) is 0 Å². The van der Waals surface area contributed by atoms with E-state index in [0.717, 1.165) is 27.3 Å². The molecule has 18 heavy (non-hydrogen) atoms. The molecule has 86 valence electrons. The summed E-state index contributed by atoms with van der Waals surface area (Å²) in [4.78, 5) is 15.6. The number of carbonyl (C=O) groups is 1. The van der Waals surface area contributed by atoms with Crippen LogP contribution in [0.1, 0.15) is 10.5 Å². The molecule has 0 amide bonds. The molecule has 4 heteroatoms. The van der Waals surface area contributed by atoms with Gasteiger partial charge >= 0.3 is 5.97 Å². The van der Waals surface area contributed by atoms with Crippen LogP contribution in [0, 0.1) is 0 Å². The fourth-order valence-corrected chi connectivity index (χ4v) is 2.65. The van der Waals surface area contributed by atoms with E-state index in [9.17, 15) is 9.90 Å². The number of rotatable bonds is 1. The molecule has 0 aliphatic rings. The molecule has 3 aromatic heterocycles.